The van der Waals surface area contributed by atoms with E-state index < -0.39 is 6.61 Å². The number of nitrogens with one attached hydrogen (secondary N) is 1. The van der Waals surface area contributed by atoms with E-state index in [-0.39, 0.29) is 11.8 Å². The minimum atomic E-state index is -2.80. The van der Waals surface area contributed by atoms with Crippen molar-refractivity contribution in [2.45, 2.75) is 32.4 Å². The van der Waals surface area contributed by atoms with Gasteiger partial charge in [-0.2, -0.15) is 8.78 Å². The molecule has 1 aromatic carbocycles. The van der Waals surface area contributed by atoms with Gasteiger partial charge in [0.2, 0.25) is 5.95 Å². The van der Waals surface area contributed by atoms with Crippen molar-refractivity contribution in [1.82, 2.24) is 9.97 Å². The summed E-state index contributed by atoms with van der Waals surface area (Å²) >= 11 is 0. The average molecular weight is 334 g/mol. The normalized spacial score (nSPS) is 17.8. The Bertz CT molecular complexity index is 666. The number of nitrogens with zero attached hydrogens (tertiary/aromatic N) is 3. The maximum absolute atomic E-state index is 12.2. The topological polar surface area (TPSA) is 50.3 Å². The second-order valence-electron chi connectivity index (χ2n) is 5.82. The Morgan fingerprint density at radius 1 is 1.25 bits per heavy atom. The molecule has 2 heterocycles. The number of halogens is 2. The molecule has 5 nitrogen and oxygen atoms in total. The van der Waals surface area contributed by atoms with Gasteiger partial charge < -0.3 is 15.0 Å². The average Bonchev–Trinajstić information content (AvgIpc) is 2.55. The Morgan fingerprint density at radius 2 is 2.04 bits per heavy atom. The second kappa shape index (κ2) is 7.42. The first-order valence-electron chi connectivity index (χ1n) is 7.96. The van der Waals surface area contributed by atoms with Crippen molar-refractivity contribution in [3.8, 4) is 5.75 Å². The van der Waals surface area contributed by atoms with E-state index >= 15 is 0 Å². The lowest BCUT2D eigenvalue weighted by atomic mass is 10.0. The van der Waals surface area contributed by atoms with Crippen LogP contribution in [0.25, 0.3) is 0 Å². The van der Waals surface area contributed by atoms with Gasteiger partial charge in [-0.1, -0.05) is 0 Å². The van der Waals surface area contributed by atoms with E-state index in [1.807, 2.05) is 25.1 Å². The fourth-order valence-corrected chi connectivity index (χ4v) is 2.87. The van der Waals surface area contributed by atoms with E-state index in [9.17, 15) is 8.78 Å². The van der Waals surface area contributed by atoms with E-state index in [0.717, 1.165) is 37.3 Å². The Balaban J connectivity index is 1.62. The molecule has 1 saturated heterocycles. The van der Waals surface area contributed by atoms with Crippen LogP contribution in [0.4, 0.5) is 20.4 Å². The quantitative estimate of drug-likeness (QED) is 0.907. The van der Waals surface area contributed by atoms with Gasteiger partial charge in [0.25, 0.3) is 0 Å². The van der Waals surface area contributed by atoms with Crippen LogP contribution in [0.2, 0.25) is 0 Å². The molecular weight excluding hydrogens is 314 g/mol. The van der Waals surface area contributed by atoms with Gasteiger partial charge in [0.1, 0.15) is 5.75 Å². The van der Waals surface area contributed by atoms with Gasteiger partial charge in [0.05, 0.1) is 0 Å². The SMILES string of the molecule is Cc1ccnc(NC2CCCN(c3ccc(OC(F)F)cc3)C2)n1. The Morgan fingerprint density at radius 3 is 2.75 bits per heavy atom. The van der Waals surface area contributed by atoms with Crippen LogP contribution < -0.4 is 15.0 Å². The molecule has 0 bridgehead atoms. The molecule has 24 heavy (non-hydrogen) atoms. The summed E-state index contributed by atoms with van der Waals surface area (Å²) in [6.45, 7) is 0.880. The molecule has 1 fully saturated rings. The highest BCUT2D eigenvalue weighted by Gasteiger charge is 2.21. The van der Waals surface area contributed by atoms with Gasteiger partial charge in [0.15, 0.2) is 0 Å². The summed E-state index contributed by atoms with van der Waals surface area (Å²) in [5.41, 5.74) is 1.92. The van der Waals surface area contributed by atoms with E-state index in [4.69, 9.17) is 0 Å². The van der Waals surface area contributed by atoms with Crippen LogP contribution in [0.1, 0.15) is 18.5 Å². The number of aromatic nitrogens is 2. The molecular formula is C17H20F2N4O. The van der Waals surface area contributed by atoms with Crippen LogP contribution in [0, 0.1) is 6.92 Å². The highest BCUT2D eigenvalue weighted by atomic mass is 19.3. The Kier molecular flexibility index (Phi) is 5.08. The van der Waals surface area contributed by atoms with E-state index in [1.54, 1.807) is 18.3 Å². The fraction of sp³-hybridized carbons (Fsp3) is 0.412. The zero-order chi connectivity index (χ0) is 16.9. The maximum atomic E-state index is 12.2. The second-order valence-corrected chi connectivity index (χ2v) is 5.82. The number of benzene rings is 1. The van der Waals surface area contributed by atoms with Gasteiger partial charge in [-0.3, -0.25) is 0 Å². The number of hydrogen-bond donors (Lipinski definition) is 1. The van der Waals surface area contributed by atoms with Gasteiger partial charge in [0, 0.05) is 36.7 Å². The summed E-state index contributed by atoms with van der Waals surface area (Å²) in [6.07, 6.45) is 3.83. The molecule has 128 valence electrons. The van der Waals surface area contributed by atoms with Gasteiger partial charge in [-0.05, 0) is 50.1 Å². The zero-order valence-electron chi connectivity index (χ0n) is 13.5. The lowest BCUT2D eigenvalue weighted by Crippen LogP contribution is -2.42. The summed E-state index contributed by atoms with van der Waals surface area (Å²) in [4.78, 5) is 10.8. The van der Waals surface area contributed by atoms with Crippen LogP contribution in [0.15, 0.2) is 36.5 Å². The fourth-order valence-electron chi connectivity index (χ4n) is 2.87. The summed E-state index contributed by atoms with van der Waals surface area (Å²) in [7, 11) is 0. The molecule has 1 atom stereocenters. The molecule has 0 radical (unpaired) electrons. The smallest absolute Gasteiger partial charge is 0.387 e. The lowest BCUT2D eigenvalue weighted by molar-refractivity contribution is -0.0498. The third-order valence-electron chi connectivity index (χ3n) is 3.98. The van der Waals surface area contributed by atoms with Gasteiger partial charge >= 0.3 is 6.61 Å². The lowest BCUT2D eigenvalue weighted by Gasteiger charge is -2.34. The number of ether oxygens (including phenoxy) is 1. The molecule has 1 unspecified atom stereocenters. The Hall–Kier alpha value is -2.44. The number of piperidine rings is 1. The van der Waals surface area contributed by atoms with E-state index in [1.165, 1.54) is 0 Å². The summed E-state index contributed by atoms with van der Waals surface area (Å²) < 4.78 is 28.8. The van der Waals surface area contributed by atoms with Crippen LogP contribution in [-0.4, -0.2) is 35.7 Å². The first-order valence-corrected chi connectivity index (χ1v) is 7.96. The van der Waals surface area contributed by atoms with Crippen LogP contribution in [0.5, 0.6) is 5.75 Å². The number of aryl methyl sites for hydroxylation is 1. The molecule has 2 aromatic rings. The highest BCUT2D eigenvalue weighted by molar-refractivity contribution is 5.50. The van der Waals surface area contributed by atoms with Crippen molar-refractivity contribution >= 4 is 11.6 Å². The third-order valence-corrected chi connectivity index (χ3v) is 3.98. The summed E-state index contributed by atoms with van der Waals surface area (Å²) in [6, 6.07) is 8.87. The number of anilines is 2. The molecule has 1 aliphatic rings. The van der Waals surface area contributed by atoms with Crippen molar-refractivity contribution in [3.63, 3.8) is 0 Å². The molecule has 0 spiro atoms. The first-order chi connectivity index (χ1) is 11.6. The molecule has 1 N–H and O–H groups in total. The maximum Gasteiger partial charge on any atom is 0.387 e. The molecule has 1 aliphatic heterocycles. The molecule has 3 rings (SSSR count). The van der Waals surface area contributed by atoms with Crippen molar-refractivity contribution in [2.24, 2.45) is 0 Å². The predicted octanol–water partition coefficient (Wildman–Crippen LogP) is 3.47. The summed E-state index contributed by atoms with van der Waals surface area (Å²) in [5, 5.41) is 3.37. The van der Waals surface area contributed by atoms with Crippen LogP contribution in [-0.2, 0) is 0 Å². The highest BCUT2D eigenvalue weighted by Crippen LogP contribution is 2.24. The molecule has 0 amide bonds. The number of alkyl halides is 2. The molecule has 1 aromatic heterocycles. The zero-order valence-corrected chi connectivity index (χ0v) is 13.5. The van der Waals surface area contributed by atoms with Crippen molar-refractivity contribution in [3.05, 3.63) is 42.2 Å². The minimum absolute atomic E-state index is 0.175. The molecule has 0 aliphatic carbocycles. The van der Waals surface area contributed by atoms with E-state index in [2.05, 4.69) is 24.9 Å². The third kappa shape index (κ3) is 4.31. The van der Waals surface area contributed by atoms with Crippen molar-refractivity contribution in [2.75, 3.05) is 23.3 Å². The largest absolute Gasteiger partial charge is 0.435 e. The monoisotopic (exact) mass is 334 g/mol. The van der Waals surface area contributed by atoms with Crippen LogP contribution in [0.3, 0.4) is 0 Å². The van der Waals surface area contributed by atoms with E-state index in [0.29, 0.717) is 5.95 Å². The number of rotatable bonds is 5. The van der Waals surface area contributed by atoms with Crippen molar-refractivity contribution < 1.29 is 13.5 Å². The Labute approximate surface area is 139 Å². The minimum Gasteiger partial charge on any atom is -0.435 e. The predicted molar refractivity (Wildman–Crippen MR) is 88.7 cm³/mol. The van der Waals surface area contributed by atoms with Gasteiger partial charge in [-0.15, -0.1) is 0 Å². The first kappa shape index (κ1) is 16.4. The molecule has 0 saturated carbocycles. The standard InChI is InChI=1S/C17H20F2N4O/c1-12-8-9-20-17(21-12)22-13-3-2-10-23(11-13)14-4-6-15(7-5-14)24-16(18)19/h4-9,13,16H,2-3,10-11H2,1H3,(H,20,21,22). The molecule has 7 heteroatoms. The van der Waals surface area contributed by atoms with Gasteiger partial charge in [-0.25, -0.2) is 9.97 Å². The summed E-state index contributed by atoms with van der Waals surface area (Å²) in [5.74, 6) is 0.816. The number of hydrogen-bond acceptors (Lipinski definition) is 5. The van der Waals surface area contributed by atoms with Crippen molar-refractivity contribution in [1.29, 1.82) is 0 Å². The van der Waals surface area contributed by atoms with Crippen LogP contribution >= 0.6 is 0 Å².